The Hall–Kier alpha value is -4.65. The molecule has 1 amide bonds. The topological polar surface area (TPSA) is 85.6 Å². The molecule has 0 bridgehead atoms. The van der Waals surface area contributed by atoms with Crippen LogP contribution >= 0.6 is 0 Å². The summed E-state index contributed by atoms with van der Waals surface area (Å²) in [5, 5.41) is 11.6. The number of aliphatic hydroxyl groups is 1. The second kappa shape index (κ2) is 12.8. The minimum absolute atomic E-state index is 0.0811. The van der Waals surface area contributed by atoms with Gasteiger partial charge in [0.2, 0.25) is 5.82 Å². The van der Waals surface area contributed by atoms with E-state index in [1.165, 1.54) is 0 Å². The van der Waals surface area contributed by atoms with Crippen molar-refractivity contribution in [1.29, 1.82) is 0 Å². The van der Waals surface area contributed by atoms with Crippen molar-refractivity contribution in [1.82, 2.24) is 14.9 Å². The van der Waals surface area contributed by atoms with Crippen LogP contribution in [0.1, 0.15) is 51.4 Å². The fraction of sp³-hybridized carbons (Fsp3) is 0.212. The first kappa shape index (κ1) is 30.4. The van der Waals surface area contributed by atoms with Crippen molar-refractivity contribution in [3.8, 4) is 0 Å². The maximum atomic E-state index is 14.0. The molecule has 0 aliphatic carbocycles. The lowest BCUT2D eigenvalue weighted by Gasteiger charge is -2.36. The zero-order valence-electron chi connectivity index (χ0n) is 23.5. The van der Waals surface area contributed by atoms with Crippen LogP contribution in [0.3, 0.4) is 0 Å². The Labute approximate surface area is 253 Å². The van der Waals surface area contributed by atoms with Crippen LogP contribution in [0, 0.1) is 29.1 Å². The third-order valence-corrected chi connectivity index (χ3v) is 7.68. The van der Waals surface area contributed by atoms with Gasteiger partial charge < -0.3 is 24.5 Å². The fourth-order valence-corrected chi connectivity index (χ4v) is 5.28. The predicted octanol–water partition coefficient (Wildman–Crippen LogP) is 6.40. The van der Waals surface area contributed by atoms with E-state index < -0.39 is 46.8 Å². The summed E-state index contributed by atoms with van der Waals surface area (Å²) in [5.41, 5.74) is 3.10. The lowest BCUT2D eigenvalue weighted by Crippen LogP contribution is -2.32. The molecule has 5 aromatic rings. The predicted molar refractivity (Wildman–Crippen MR) is 152 cm³/mol. The average Bonchev–Trinajstić information content (AvgIpc) is 3.48. The molecule has 0 saturated carbocycles. The van der Waals surface area contributed by atoms with Gasteiger partial charge in [-0.25, -0.2) is 26.9 Å². The number of nitrogens with one attached hydrogen (secondary N) is 1. The molecular formula is C33H26F5N3O4. The molecule has 1 aliphatic rings. The summed E-state index contributed by atoms with van der Waals surface area (Å²) in [6.07, 6.45) is 0.918. The van der Waals surface area contributed by atoms with Gasteiger partial charge in [0.05, 0.1) is 42.7 Å². The highest BCUT2D eigenvalue weighted by atomic mass is 19.2. The third kappa shape index (κ3) is 6.17. The Morgan fingerprint density at radius 1 is 0.822 bits per heavy atom. The van der Waals surface area contributed by atoms with E-state index in [1.807, 2.05) is 53.1 Å². The highest BCUT2D eigenvalue weighted by Gasteiger charge is 2.33. The van der Waals surface area contributed by atoms with Crippen molar-refractivity contribution < 1.29 is 41.3 Å². The van der Waals surface area contributed by atoms with Crippen molar-refractivity contribution in [2.45, 2.75) is 44.6 Å². The molecule has 4 aromatic carbocycles. The van der Waals surface area contributed by atoms with Gasteiger partial charge in [0.15, 0.2) is 29.6 Å². The smallest absolute Gasteiger partial charge is 0.257 e. The highest BCUT2D eigenvalue weighted by molar-refractivity contribution is 5.94. The maximum Gasteiger partial charge on any atom is 0.257 e. The van der Waals surface area contributed by atoms with Crippen LogP contribution in [0.2, 0.25) is 0 Å². The van der Waals surface area contributed by atoms with Crippen LogP contribution in [0.25, 0.3) is 11.0 Å². The van der Waals surface area contributed by atoms with Gasteiger partial charge in [-0.2, -0.15) is 0 Å². The lowest BCUT2D eigenvalue weighted by atomic mass is 9.99. The minimum Gasteiger partial charge on any atom is -0.392 e. The molecule has 3 atom stereocenters. The SMILES string of the molecule is O=C(NCc1ccc([C@@H]2O[C@H](Cn3cnc4ccccc43)C[C@H](c3ccc(CO)cc3)O2)cc1)c1c(F)c(F)c(F)c(F)c1F. The van der Waals surface area contributed by atoms with Crippen molar-refractivity contribution >= 4 is 16.9 Å². The Balaban J connectivity index is 1.19. The van der Waals surface area contributed by atoms with Crippen molar-refractivity contribution in [2.24, 2.45) is 0 Å². The molecule has 12 heteroatoms. The number of nitrogens with zero attached hydrogens (tertiary/aromatic N) is 2. The van der Waals surface area contributed by atoms with E-state index in [4.69, 9.17) is 9.47 Å². The van der Waals surface area contributed by atoms with E-state index in [1.54, 1.807) is 30.6 Å². The Morgan fingerprint density at radius 3 is 2.13 bits per heavy atom. The number of aliphatic hydroxyl groups excluding tert-OH is 1. The van der Waals surface area contributed by atoms with Gasteiger partial charge in [0.1, 0.15) is 5.56 Å². The van der Waals surface area contributed by atoms with Crippen LogP contribution in [0.5, 0.6) is 0 Å². The van der Waals surface area contributed by atoms with Crippen LogP contribution in [-0.4, -0.2) is 26.7 Å². The Bertz CT molecular complexity index is 1820. The maximum absolute atomic E-state index is 14.0. The second-order valence-corrected chi connectivity index (χ2v) is 10.6. The van der Waals surface area contributed by atoms with E-state index in [0.717, 1.165) is 22.2 Å². The number of rotatable bonds is 8. The molecular weight excluding hydrogens is 597 g/mol. The van der Waals surface area contributed by atoms with Crippen LogP contribution in [0.15, 0.2) is 79.1 Å². The van der Waals surface area contributed by atoms with Gasteiger partial charge >= 0.3 is 0 Å². The molecule has 7 nitrogen and oxygen atoms in total. The average molecular weight is 624 g/mol. The molecule has 2 N–H and O–H groups in total. The molecule has 1 aliphatic heterocycles. The van der Waals surface area contributed by atoms with E-state index in [2.05, 4.69) is 10.3 Å². The zero-order valence-corrected chi connectivity index (χ0v) is 23.5. The summed E-state index contributed by atoms with van der Waals surface area (Å²) in [6.45, 7) is 0.177. The number of hydrogen-bond acceptors (Lipinski definition) is 5. The van der Waals surface area contributed by atoms with Crippen molar-refractivity contribution in [3.63, 3.8) is 0 Å². The number of hydrogen-bond donors (Lipinski definition) is 2. The van der Waals surface area contributed by atoms with Gasteiger partial charge in [-0.05, 0) is 28.8 Å². The van der Waals surface area contributed by atoms with E-state index in [9.17, 15) is 31.9 Å². The number of fused-ring (bicyclic) bond motifs is 1. The van der Waals surface area contributed by atoms with Gasteiger partial charge in [0, 0.05) is 18.5 Å². The standard InChI is InChI=1S/C33H26F5N3O4/c34-27-26(28(35)30(37)31(38)29(27)36)32(43)39-14-18-5-11-21(12-6-18)33-44-22(15-41-17-40-23-3-1-2-4-24(23)41)13-25(45-33)20-9-7-19(16-42)8-10-20/h1-12,17,22,25,33,42H,13-16H2,(H,39,43)/t22-,25+,33+/m0/s1. The number of ether oxygens (including phenoxy) is 2. The number of carbonyl (C=O) groups is 1. The van der Waals surface area contributed by atoms with Gasteiger partial charge in [-0.1, -0.05) is 60.7 Å². The first-order valence-corrected chi connectivity index (χ1v) is 14.0. The molecule has 1 saturated heterocycles. The molecule has 6 rings (SSSR count). The largest absolute Gasteiger partial charge is 0.392 e. The van der Waals surface area contributed by atoms with E-state index in [0.29, 0.717) is 24.1 Å². The van der Waals surface area contributed by atoms with Crippen molar-refractivity contribution in [2.75, 3.05) is 0 Å². The number of amides is 1. The quantitative estimate of drug-likeness (QED) is 0.119. The summed E-state index contributed by atoms with van der Waals surface area (Å²) in [7, 11) is 0. The molecule has 2 heterocycles. The Kier molecular flexibility index (Phi) is 8.61. The van der Waals surface area contributed by atoms with Gasteiger partial charge in [0.25, 0.3) is 5.91 Å². The molecule has 0 unspecified atom stereocenters. The fourth-order valence-electron chi connectivity index (χ4n) is 5.28. The number of halogens is 5. The Morgan fingerprint density at radius 2 is 1.44 bits per heavy atom. The molecule has 0 spiro atoms. The van der Waals surface area contributed by atoms with Crippen LogP contribution in [0.4, 0.5) is 22.0 Å². The number of imidazole rings is 1. The second-order valence-electron chi connectivity index (χ2n) is 10.6. The third-order valence-electron chi connectivity index (χ3n) is 7.68. The summed E-state index contributed by atoms with van der Waals surface area (Å²) in [4.78, 5) is 16.8. The number of aromatic nitrogens is 2. The van der Waals surface area contributed by atoms with Crippen LogP contribution < -0.4 is 5.32 Å². The first-order chi connectivity index (χ1) is 21.7. The van der Waals surface area contributed by atoms with Gasteiger partial charge in [-0.15, -0.1) is 0 Å². The molecule has 45 heavy (non-hydrogen) atoms. The normalized spacial score (nSPS) is 18.3. The van der Waals surface area contributed by atoms with E-state index in [-0.39, 0.29) is 25.4 Å². The van der Waals surface area contributed by atoms with E-state index >= 15 is 0 Å². The summed E-state index contributed by atoms with van der Waals surface area (Å²) >= 11 is 0. The first-order valence-electron chi connectivity index (χ1n) is 14.0. The summed E-state index contributed by atoms with van der Waals surface area (Å²) in [5.74, 6) is -12.6. The molecule has 232 valence electrons. The lowest BCUT2D eigenvalue weighted by molar-refractivity contribution is -0.252. The number of benzene rings is 4. The summed E-state index contributed by atoms with van der Waals surface area (Å²) in [6, 6.07) is 21.9. The molecule has 1 fully saturated rings. The molecule has 1 aromatic heterocycles. The van der Waals surface area contributed by atoms with Crippen molar-refractivity contribution in [3.05, 3.63) is 136 Å². The zero-order chi connectivity index (χ0) is 31.7. The summed E-state index contributed by atoms with van der Waals surface area (Å²) < 4.78 is 83.2. The number of carbonyl (C=O) groups excluding carboxylic acids is 1. The monoisotopic (exact) mass is 623 g/mol. The number of para-hydroxylation sites is 2. The minimum atomic E-state index is -2.34. The highest BCUT2D eigenvalue weighted by Crippen LogP contribution is 2.38. The van der Waals surface area contributed by atoms with Crippen LogP contribution in [-0.2, 0) is 29.2 Å². The molecule has 0 radical (unpaired) electrons. The van der Waals surface area contributed by atoms with Gasteiger partial charge in [-0.3, -0.25) is 4.79 Å².